The predicted octanol–water partition coefficient (Wildman–Crippen LogP) is 6.10. The summed E-state index contributed by atoms with van der Waals surface area (Å²) in [6, 6.07) is 7.61. The topological polar surface area (TPSA) is 38.2 Å². The Bertz CT molecular complexity index is 802. The van der Waals surface area contributed by atoms with Crippen LogP contribution in [0, 0.1) is 0 Å². The maximum absolute atomic E-state index is 13.6. The number of aromatic nitrogens is 2. The number of hydrogen-bond donors (Lipinski definition) is 0. The molecule has 7 heteroatoms. The number of anilines is 2. The molecule has 1 aliphatic rings. The summed E-state index contributed by atoms with van der Waals surface area (Å²) in [6.45, 7) is 3.56. The molecule has 1 aromatic heterocycles. The van der Waals surface area contributed by atoms with E-state index in [1.54, 1.807) is 20.9 Å². The molecule has 4 nitrogen and oxygen atoms in total. The van der Waals surface area contributed by atoms with Gasteiger partial charge in [0.2, 0.25) is 0 Å². The van der Waals surface area contributed by atoms with E-state index in [2.05, 4.69) is 9.97 Å². The lowest BCUT2D eigenvalue weighted by molar-refractivity contribution is -0.137. The van der Waals surface area contributed by atoms with Crippen LogP contribution in [-0.4, -0.2) is 23.1 Å². The SMILES string of the molecule is CC(C)Oc1ncc(C(F)(F)F)c(N(C)c2ccccc2C2CCCCC2)n1. The first-order valence-corrected chi connectivity index (χ1v) is 9.71. The summed E-state index contributed by atoms with van der Waals surface area (Å²) >= 11 is 0. The molecule has 0 aliphatic heterocycles. The Morgan fingerprint density at radius 1 is 1.11 bits per heavy atom. The van der Waals surface area contributed by atoms with Gasteiger partial charge in [0.15, 0.2) is 5.82 Å². The second-order valence-electron chi connectivity index (χ2n) is 7.51. The third-order valence-electron chi connectivity index (χ3n) is 5.05. The van der Waals surface area contributed by atoms with Crippen LogP contribution >= 0.6 is 0 Å². The van der Waals surface area contributed by atoms with E-state index in [9.17, 15) is 13.2 Å². The molecule has 0 unspecified atom stereocenters. The van der Waals surface area contributed by atoms with Crippen molar-refractivity contribution in [1.82, 2.24) is 9.97 Å². The second-order valence-corrected chi connectivity index (χ2v) is 7.51. The zero-order chi connectivity index (χ0) is 20.3. The number of nitrogens with zero attached hydrogens (tertiary/aromatic N) is 3. The van der Waals surface area contributed by atoms with Gasteiger partial charge in [0, 0.05) is 18.9 Å². The van der Waals surface area contributed by atoms with Gasteiger partial charge >= 0.3 is 12.2 Å². The summed E-state index contributed by atoms with van der Waals surface area (Å²) in [7, 11) is 1.62. The molecule has 0 atom stereocenters. The van der Waals surface area contributed by atoms with E-state index < -0.39 is 11.7 Å². The van der Waals surface area contributed by atoms with Gasteiger partial charge in [-0.2, -0.15) is 18.2 Å². The summed E-state index contributed by atoms with van der Waals surface area (Å²) in [4.78, 5) is 9.38. The average Bonchev–Trinajstić information content (AvgIpc) is 2.66. The highest BCUT2D eigenvalue weighted by Gasteiger charge is 2.37. The van der Waals surface area contributed by atoms with Crippen LogP contribution in [0.1, 0.15) is 63.0 Å². The molecule has 28 heavy (non-hydrogen) atoms. The Hall–Kier alpha value is -2.31. The number of rotatable bonds is 5. The van der Waals surface area contributed by atoms with E-state index in [1.165, 1.54) is 11.3 Å². The van der Waals surface area contributed by atoms with Crippen molar-refractivity contribution < 1.29 is 17.9 Å². The Kier molecular flexibility index (Phi) is 6.10. The molecule has 0 bridgehead atoms. The largest absolute Gasteiger partial charge is 0.461 e. The highest BCUT2D eigenvalue weighted by Crippen LogP contribution is 2.42. The number of halogens is 3. The Balaban J connectivity index is 2.05. The van der Waals surface area contributed by atoms with Gasteiger partial charge in [0.25, 0.3) is 0 Å². The number of benzene rings is 1. The molecule has 1 fully saturated rings. The third kappa shape index (κ3) is 4.56. The van der Waals surface area contributed by atoms with Gasteiger partial charge in [0.05, 0.1) is 6.10 Å². The molecule has 0 amide bonds. The van der Waals surface area contributed by atoms with Crippen LogP contribution in [-0.2, 0) is 6.18 Å². The Morgan fingerprint density at radius 2 is 1.79 bits per heavy atom. The zero-order valence-electron chi connectivity index (χ0n) is 16.5. The maximum atomic E-state index is 13.6. The van der Waals surface area contributed by atoms with Gasteiger partial charge in [-0.25, -0.2) is 4.98 Å². The molecule has 0 saturated heterocycles. The van der Waals surface area contributed by atoms with Gasteiger partial charge in [-0.1, -0.05) is 37.5 Å². The van der Waals surface area contributed by atoms with E-state index in [-0.39, 0.29) is 17.9 Å². The molecule has 3 rings (SSSR count). The van der Waals surface area contributed by atoms with E-state index in [4.69, 9.17) is 4.74 Å². The Labute approximate surface area is 163 Å². The van der Waals surface area contributed by atoms with Gasteiger partial charge < -0.3 is 9.64 Å². The quantitative estimate of drug-likeness (QED) is 0.615. The third-order valence-corrected chi connectivity index (χ3v) is 5.05. The molecule has 1 aromatic carbocycles. The zero-order valence-corrected chi connectivity index (χ0v) is 16.5. The van der Waals surface area contributed by atoms with Crippen LogP contribution in [0.15, 0.2) is 30.5 Å². The summed E-state index contributed by atoms with van der Waals surface area (Å²) in [5.41, 5.74) is 0.946. The molecular formula is C21H26F3N3O. The van der Waals surface area contributed by atoms with E-state index in [0.29, 0.717) is 5.92 Å². The highest BCUT2D eigenvalue weighted by atomic mass is 19.4. The number of alkyl halides is 3. The van der Waals surface area contributed by atoms with Crippen LogP contribution in [0.2, 0.25) is 0 Å². The van der Waals surface area contributed by atoms with Crippen molar-refractivity contribution in [2.24, 2.45) is 0 Å². The smallest absolute Gasteiger partial charge is 0.421 e. The van der Waals surface area contributed by atoms with Gasteiger partial charge in [-0.05, 0) is 44.2 Å². The van der Waals surface area contributed by atoms with Gasteiger partial charge in [-0.15, -0.1) is 0 Å². The van der Waals surface area contributed by atoms with Crippen molar-refractivity contribution in [2.45, 2.75) is 64.1 Å². The first kappa shape index (κ1) is 20.4. The number of para-hydroxylation sites is 1. The molecule has 1 saturated carbocycles. The minimum Gasteiger partial charge on any atom is -0.461 e. The Morgan fingerprint density at radius 3 is 2.43 bits per heavy atom. The van der Waals surface area contributed by atoms with Crippen LogP contribution in [0.4, 0.5) is 24.7 Å². The summed E-state index contributed by atoms with van der Waals surface area (Å²) in [6.07, 6.45) is 1.65. The van der Waals surface area contributed by atoms with Crippen molar-refractivity contribution in [3.63, 3.8) is 0 Å². The van der Waals surface area contributed by atoms with Crippen molar-refractivity contribution in [1.29, 1.82) is 0 Å². The fourth-order valence-electron chi connectivity index (χ4n) is 3.75. The standard InChI is InChI=1S/C21H26F3N3O/c1-14(2)28-20-25-13-17(21(22,23)24)19(26-20)27(3)18-12-8-7-11-16(18)15-9-5-4-6-10-15/h7-8,11-15H,4-6,9-10H2,1-3H3. The predicted molar refractivity (Wildman–Crippen MR) is 103 cm³/mol. The van der Waals surface area contributed by atoms with E-state index >= 15 is 0 Å². The minimum absolute atomic E-state index is 0.0556. The van der Waals surface area contributed by atoms with Crippen molar-refractivity contribution in [2.75, 3.05) is 11.9 Å². The molecular weight excluding hydrogens is 367 g/mol. The maximum Gasteiger partial charge on any atom is 0.421 e. The van der Waals surface area contributed by atoms with E-state index in [0.717, 1.165) is 43.1 Å². The fraction of sp³-hybridized carbons (Fsp3) is 0.524. The van der Waals surface area contributed by atoms with Crippen LogP contribution < -0.4 is 9.64 Å². The van der Waals surface area contributed by atoms with E-state index in [1.807, 2.05) is 24.3 Å². The van der Waals surface area contributed by atoms with Gasteiger partial charge in [-0.3, -0.25) is 0 Å². The molecule has 2 aromatic rings. The van der Waals surface area contributed by atoms with Crippen molar-refractivity contribution >= 4 is 11.5 Å². The van der Waals surface area contributed by atoms with Crippen LogP contribution in [0.25, 0.3) is 0 Å². The molecule has 0 N–H and O–H groups in total. The number of hydrogen-bond acceptors (Lipinski definition) is 4. The van der Waals surface area contributed by atoms with Crippen molar-refractivity contribution in [3.05, 3.63) is 41.6 Å². The van der Waals surface area contributed by atoms with Crippen molar-refractivity contribution in [3.8, 4) is 6.01 Å². The highest BCUT2D eigenvalue weighted by molar-refractivity contribution is 5.66. The lowest BCUT2D eigenvalue weighted by Crippen LogP contribution is -2.21. The lowest BCUT2D eigenvalue weighted by Gasteiger charge is -2.29. The molecule has 1 heterocycles. The monoisotopic (exact) mass is 393 g/mol. The number of ether oxygens (including phenoxy) is 1. The lowest BCUT2D eigenvalue weighted by atomic mass is 9.83. The van der Waals surface area contributed by atoms with Crippen LogP contribution in [0.5, 0.6) is 6.01 Å². The molecule has 152 valence electrons. The van der Waals surface area contributed by atoms with Gasteiger partial charge in [0.1, 0.15) is 5.56 Å². The normalized spacial score (nSPS) is 15.7. The molecule has 1 aliphatic carbocycles. The second kappa shape index (κ2) is 8.37. The summed E-state index contributed by atoms with van der Waals surface area (Å²) in [5, 5.41) is 0. The summed E-state index contributed by atoms with van der Waals surface area (Å²) < 4.78 is 46.3. The fourth-order valence-corrected chi connectivity index (χ4v) is 3.75. The molecule has 0 radical (unpaired) electrons. The van der Waals surface area contributed by atoms with Crippen LogP contribution in [0.3, 0.4) is 0 Å². The molecule has 0 spiro atoms. The first-order valence-electron chi connectivity index (χ1n) is 9.71. The minimum atomic E-state index is -4.56. The summed E-state index contributed by atoms with van der Waals surface area (Å²) in [5.74, 6) is 0.163. The first-order chi connectivity index (χ1) is 13.3. The average molecular weight is 393 g/mol.